The lowest BCUT2D eigenvalue weighted by Gasteiger charge is -2.26. The quantitative estimate of drug-likeness (QED) is 0.563. The van der Waals surface area contributed by atoms with Gasteiger partial charge < -0.3 is 10.4 Å². The van der Waals surface area contributed by atoms with Crippen LogP contribution < -0.4 is 10.0 Å². The van der Waals surface area contributed by atoms with Crippen molar-refractivity contribution in [3.8, 4) is 0 Å². The van der Waals surface area contributed by atoms with E-state index < -0.39 is 27.7 Å². The Morgan fingerprint density at radius 3 is 2.38 bits per heavy atom. The van der Waals surface area contributed by atoms with Crippen LogP contribution in [-0.4, -0.2) is 43.7 Å². The number of sulfonamides is 1. The van der Waals surface area contributed by atoms with Crippen LogP contribution in [0.1, 0.15) is 45.4 Å². The van der Waals surface area contributed by atoms with Gasteiger partial charge in [0.2, 0.25) is 15.9 Å². The van der Waals surface area contributed by atoms with Gasteiger partial charge in [-0.05, 0) is 38.0 Å². The topological polar surface area (TPSA) is 113 Å². The van der Waals surface area contributed by atoms with Gasteiger partial charge in [0.1, 0.15) is 5.75 Å². The van der Waals surface area contributed by atoms with Crippen LogP contribution in [0.5, 0.6) is 0 Å². The predicted molar refractivity (Wildman–Crippen MR) is 78.2 cm³/mol. The van der Waals surface area contributed by atoms with Gasteiger partial charge in [-0.25, -0.2) is 13.1 Å². The second-order valence-corrected chi connectivity index (χ2v) is 7.43. The number of hydrogen-bond donors (Lipinski definition) is 3. The minimum absolute atomic E-state index is 0.0501. The maximum atomic E-state index is 11.9. The van der Waals surface area contributed by atoms with Crippen molar-refractivity contribution in [3.63, 3.8) is 0 Å². The number of rotatable bonds is 8. The van der Waals surface area contributed by atoms with Gasteiger partial charge in [-0.15, -0.1) is 0 Å². The number of amides is 1. The molecule has 3 N–H and O–H groups in total. The Labute approximate surface area is 125 Å². The maximum Gasteiger partial charge on any atom is 0.303 e. The lowest BCUT2D eigenvalue weighted by Crippen LogP contribution is -2.42. The highest BCUT2D eigenvalue weighted by Crippen LogP contribution is 2.23. The summed E-state index contributed by atoms with van der Waals surface area (Å²) in [4.78, 5) is 21.8. The second-order valence-electron chi connectivity index (χ2n) is 5.68. The molecular formula is C13H24N2O5S. The summed E-state index contributed by atoms with van der Waals surface area (Å²) < 4.78 is 26.3. The smallest absolute Gasteiger partial charge is 0.303 e. The normalized spacial score (nSPS) is 22.7. The zero-order chi connectivity index (χ0) is 15.9. The van der Waals surface area contributed by atoms with E-state index in [1.165, 1.54) is 0 Å². The molecule has 0 bridgehead atoms. The number of carbonyl (C=O) groups excluding carboxylic acids is 1. The van der Waals surface area contributed by atoms with Crippen molar-refractivity contribution in [1.82, 2.24) is 10.0 Å². The Kier molecular flexibility index (Phi) is 7.10. The van der Waals surface area contributed by atoms with Crippen molar-refractivity contribution in [1.29, 1.82) is 0 Å². The fraction of sp³-hybridized carbons (Fsp3) is 0.846. The van der Waals surface area contributed by atoms with Crippen LogP contribution in [0.2, 0.25) is 0 Å². The Bertz CT molecular complexity index is 455. The molecule has 122 valence electrons. The molecule has 0 unspecified atom stereocenters. The van der Waals surface area contributed by atoms with E-state index in [1.807, 2.05) is 0 Å². The van der Waals surface area contributed by atoms with Crippen LogP contribution in [-0.2, 0) is 19.6 Å². The number of carbonyl (C=O) groups is 2. The van der Waals surface area contributed by atoms with Gasteiger partial charge in [0.15, 0.2) is 0 Å². The van der Waals surface area contributed by atoms with Gasteiger partial charge in [0.05, 0.1) is 0 Å². The van der Waals surface area contributed by atoms with Crippen molar-refractivity contribution < 1.29 is 23.1 Å². The van der Waals surface area contributed by atoms with Crippen LogP contribution in [0.15, 0.2) is 0 Å². The first-order valence-electron chi connectivity index (χ1n) is 7.27. The first kappa shape index (κ1) is 17.9. The van der Waals surface area contributed by atoms with Crippen molar-refractivity contribution >= 4 is 21.9 Å². The summed E-state index contributed by atoms with van der Waals surface area (Å²) in [5, 5.41) is 10.9. The zero-order valence-electron chi connectivity index (χ0n) is 12.3. The molecule has 1 amide bonds. The molecule has 0 aromatic rings. The predicted octanol–water partition coefficient (Wildman–Crippen LogP) is 0.466. The third-order valence-electron chi connectivity index (χ3n) is 3.57. The molecule has 8 heteroatoms. The SMILES string of the molecule is CC1CCC(NS(=O)(=O)CC(=O)NCCCC(=O)O)CC1. The Hall–Kier alpha value is -1.15. The second kappa shape index (κ2) is 8.33. The summed E-state index contributed by atoms with van der Waals surface area (Å²) in [5.74, 6) is -1.52. The molecule has 0 heterocycles. The summed E-state index contributed by atoms with van der Waals surface area (Å²) in [6.45, 7) is 2.32. The number of hydrogen-bond acceptors (Lipinski definition) is 4. The van der Waals surface area contributed by atoms with Crippen LogP contribution >= 0.6 is 0 Å². The van der Waals surface area contributed by atoms with E-state index >= 15 is 0 Å². The Morgan fingerprint density at radius 1 is 1.19 bits per heavy atom. The van der Waals surface area contributed by atoms with Crippen molar-refractivity contribution in [2.75, 3.05) is 12.3 Å². The highest BCUT2D eigenvalue weighted by atomic mass is 32.2. The fourth-order valence-electron chi connectivity index (χ4n) is 2.36. The first-order valence-corrected chi connectivity index (χ1v) is 8.92. The molecule has 0 aliphatic heterocycles. The zero-order valence-corrected chi connectivity index (χ0v) is 13.1. The van der Waals surface area contributed by atoms with E-state index in [4.69, 9.17) is 5.11 Å². The Balaban J connectivity index is 2.28. The van der Waals surface area contributed by atoms with Gasteiger partial charge >= 0.3 is 5.97 Å². The molecule has 1 aliphatic carbocycles. The lowest BCUT2D eigenvalue weighted by molar-refractivity contribution is -0.137. The van der Waals surface area contributed by atoms with Crippen LogP contribution in [0, 0.1) is 5.92 Å². The summed E-state index contributed by atoms with van der Waals surface area (Å²) in [6, 6.07) is -0.0778. The third-order valence-corrected chi connectivity index (χ3v) is 4.91. The van der Waals surface area contributed by atoms with E-state index in [2.05, 4.69) is 17.0 Å². The molecule has 0 spiro atoms. The van der Waals surface area contributed by atoms with Gasteiger partial charge in [-0.3, -0.25) is 9.59 Å². The van der Waals surface area contributed by atoms with E-state index in [0.717, 1.165) is 25.7 Å². The molecule has 0 atom stereocenters. The highest BCUT2D eigenvalue weighted by molar-refractivity contribution is 7.90. The van der Waals surface area contributed by atoms with Crippen LogP contribution in [0.4, 0.5) is 0 Å². The van der Waals surface area contributed by atoms with Crippen molar-refractivity contribution in [3.05, 3.63) is 0 Å². The van der Waals surface area contributed by atoms with Gasteiger partial charge in [0, 0.05) is 19.0 Å². The maximum absolute atomic E-state index is 11.9. The number of carboxylic acids is 1. The Morgan fingerprint density at radius 2 is 1.81 bits per heavy atom. The van der Waals surface area contributed by atoms with Gasteiger partial charge in [-0.2, -0.15) is 0 Å². The van der Waals surface area contributed by atoms with Crippen molar-refractivity contribution in [2.45, 2.75) is 51.5 Å². The molecule has 1 fully saturated rings. The molecule has 1 saturated carbocycles. The summed E-state index contributed by atoms with van der Waals surface area (Å²) in [5.41, 5.74) is 0. The van der Waals surface area contributed by atoms with Crippen LogP contribution in [0.3, 0.4) is 0 Å². The molecule has 0 radical (unpaired) electrons. The average Bonchev–Trinajstić information content (AvgIpc) is 2.36. The molecule has 7 nitrogen and oxygen atoms in total. The van der Waals surface area contributed by atoms with Crippen LogP contribution in [0.25, 0.3) is 0 Å². The lowest BCUT2D eigenvalue weighted by atomic mass is 9.88. The number of nitrogens with one attached hydrogen (secondary N) is 2. The number of aliphatic carboxylic acids is 1. The molecule has 1 aliphatic rings. The monoisotopic (exact) mass is 320 g/mol. The van der Waals surface area contributed by atoms with E-state index in [9.17, 15) is 18.0 Å². The third kappa shape index (κ3) is 8.01. The highest BCUT2D eigenvalue weighted by Gasteiger charge is 2.24. The summed E-state index contributed by atoms with van der Waals surface area (Å²) >= 11 is 0. The van der Waals surface area contributed by atoms with Gasteiger partial charge in [-0.1, -0.05) is 6.92 Å². The minimum Gasteiger partial charge on any atom is -0.481 e. The van der Waals surface area contributed by atoms with Gasteiger partial charge in [0.25, 0.3) is 0 Å². The molecule has 21 heavy (non-hydrogen) atoms. The molecule has 0 aromatic carbocycles. The van der Waals surface area contributed by atoms with E-state index in [1.54, 1.807) is 0 Å². The standard InChI is InChI=1S/C13H24N2O5S/c1-10-4-6-11(7-5-10)15-21(19,20)9-12(16)14-8-2-3-13(17)18/h10-11,15H,2-9H2,1H3,(H,14,16)(H,17,18). The molecular weight excluding hydrogens is 296 g/mol. The first-order chi connectivity index (χ1) is 9.78. The fourth-order valence-corrected chi connectivity index (χ4v) is 3.64. The van der Waals surface area contributed by atoms with Crippen molar-refractivity contribution in [2.24, 2.45) is 5.92 Å². The summed E-state index contributed by atoms with van der Waals surface area (Å²) in [6.07, 6.45) is 3.84. The largest absolute Gasteiger partial charge is 0.481 e. The molecule has 0 aromatic heterocycles. The van der Waals surface area contributed by atoms with E-state index in [0.29, 0.717) is 5.92 Å². The minimum atomic E-state index is -3.63. The van der Waals surface area contributed by atoms with E-state index in [-0.39, 0.29) is 25.4 Å². The molecule has 1 rings (SSSR count). The average molecular weight is 320 g/mol. The summed E-state index contributed by atoms with van der Waals surface area (Å²) in [7, 11) is -3.63. The number of carboxylic acid groups (broad SMARTS) is 1. The molecule has 0 saturated heterocycles.